The molecule has 0 aromatic heterocycles. The highest BCUT2D eigenvalue weighted by molar-refractivity contribution is 6.30. The predicted molar refractivity (Wildman–Crippen MR) is 105 cm³/mol. The number of nitrogens with zero attached hydrogens (tertiary/aromatic N) is 1. The number of benzene rings is 3. The van der Waals surface area contributed by atoms with Gasteiger partial charge in [0.2, 0.25) is 0 Å². The van der Waals surface area contributed by atoms with E-state index in [1.807, 2.05) is 32.0 Å². The van der Waals surface area contributed by atoms with Gasteiger partial charge in [0.25, 0.3) is 0 Å². The zero-order valence-corrected chi connectivity index (χ0v) is 15.4. The lowest BCUT2D eigenvalue weighted by atomic mass is 10.1. The van der Waals surface area contributed by atoms with Gasteiger partial charge in [-0.3, -0.25) is 4.99 Å². The number of aliphatic imine (C=N–C) groups is 1. The van der Waals surface area contributed by atoms with Crippen molar-refractivity contribution in [1.29, 1.82) is 0 Å². The molecular weight excluding hydrogens is 349 g/mol. The minimum absolute atomic E-state index is 0.268. The van der Waals surface area contributed by atoms with Crippen LogP contribution >= 0.6 is 11.6 Å². The average Bonchev–Trinajstić information content (AvgIpc) is 2.62. The summed E-state index contributed by atoms with van der Waals surface area (Å²) in [5.74, 6) is 0.367. The molecule has 0 aliphatic heterocycles. The fourth-order valence-corrected chi connectivity index (χ4v) is 2.72. The van der Waals surface area contributed by atoms with Crippen LogP contribution in [-0.4, -0.2) is 6.21 Å². The Hall–Kier alpha value is -2.65. The van der Waals surface area contributed by atoms with Crippen molar-refractivity contribution in [3.8, 4) is 5.75 Å². The molecule has 4 heteroatoms. The summed E-state index contributed by atoms with van der Waals surface area (Å²) in [6.45, 7) is 4.32. The van der Waals surface area contributed by atoms with Crippen LogP contribution in [0.5, 0.6) is 5.75 Å². The molecule has 0 atom stereocenters. The summed E-state index contributed by atoms with van der Waals surface area (Å²) in [6, 6.07) is 17.8. The highest BCUT2D eigenvalue weighted by Gasteiger charge is 2.05. The first-order chi connectivity index (χ1) is 12.5. The third-order valence-corrected chi connectivity index (χ3v) is 4.20. The molecule has 3 aromatic rings. The van der Waals surface area contributed by atoms with Crippen molar-refractivity contribution in [2.45, 2.75) is 20.5 Å². The molecule has 0 radical (unpaired) electrons. The molecule has 0 amide bonds. The molecule has 26 heavy (non-hydrogen) atoms. The van der Waals surface area contributed by atoms with Crippen molar-refractivity contribution in [3.05, 3.63) is 93.8 Å². The minimum atomic E-state index is -0.279. The molecule has 0 unspecified atom stereocenters. The molecule has 0 N–H and O–H groups in total. The summed E-state index contributed by atoms with van der Waals surface area (Å²) in [5.41, 5.74) is 4.68. The number of hydrogen-bond donors (Lipinski definition) is 0. The van der Waals surface area contributed by atoms with Crippen LogP contribution in [0.2, 0.25) is 5.02 Å². The second-order valence-electron chi connectivity index (χ2n) is 6.15. The molecule has 0 saturated heterocycles. The molecule has 0 heterocycles. The smallest absolute Gasteiger partial charge is 0.128 e. The third-order valence-electron chi connectivity index (χ3n) is 3.96. The molecular formula is C22H19ClFNO. The summed E-state index contributed by atoms with van der Waals surface area (Å²) >= 11 is 6.13. The maximum Gasteiger partial charge on any atom is 0.128 e. The molecule has 3 aromatic carbocycles. The Bertz CT molecular complexity index is 953. The summed E-state index contributed by atoms with van der Waals surface area (Å²) in [5, 5.41) is 0.602. The van der Waals surface area contributed by atoms with Gasteiger partial charge >= 0.3 is 0 Å². The number of aryl methyl sites for hydroxylation is 2. The fraction of sp³-hybridized carbons (Fsp3) is 0.136. The number of ether oxygens (including phenoxy) is 1. The van der Waals surface area contributed by atoms with Crippen LogP contribution in [0, 0.1) is 19.7 Å². The Balaban J connectivity index is 1.83. The highest BCUT2D eigenvalue weighted by atomic mass is 35.5. The van der Waals surface area contributed by atoms with Crippen molar-refractivity contribution < 1.29 is 9.13 Å². The van der Waals surface area contributed by atoms with Gasteiger partial charge in [-0.05, 0) is 66.9 Å². The van der Waals surface area contributed by atoms with E-state index in [0.717, 1.165) is 27.9 Å². The summed E-state index contributed by atoms with van der Waals surface area (Å²) in [4.78, 5) is 4.58. The van der Waals surface area contributed by atoms with E-state index in [4.69, 9.17) is 16.3 Å². The van der Waals surface area contributed by atoms with Crippen LogP contribution in [0.1, 0.15) is 22.3 Å². The number of rotatable bonds is 5. The van der Waals surface area contributed by atoms with Crippen molar-refractivity contribution in [2.75, 3.05) is 0 Å². The number of halogens is 2. The molecule has 0 aliphatic carbocycles. The first-order valence-corrected chi connectivity index (χ1v) is 8.67. The molecule has 0 saturated carbocycles. The maximum absolute atomic E-state index is 13.3. The Kier molecular flexibility index (Phi) is 5.69. The van der Waals surface area contributed by atoms with Crippen LogP contribution in [-0.2, 0) is 6.61 Å². The van der Waals surface area contributed by atoms with E-state index >= 15 is 0 Å². The van der Waals surface area contributed by atoms with Gasteiger partial charge in [0, 0.05) is 16.8 Å². The van der Waals surface area contributed by atoms with Gasteiger partial charge < -0.3 is 4.74 Å². The molecule has 0 aliphatic rings. The normalized spacial score (nSPS) is 11.1. The Morgan fingerprint density at radius 3 is 2.69 bits per heavy atom. The van der Waals surface area contributed by atoms with Gasteiger partial charge in [-0.2, -0.15) is 0 Å². The maximum atomic E-state index is 13.3. The zero-order chi connectivity index (χ0) is 18.5. The molecule has 0 bridgehead atoms. The molecule has 2 nitrogen and oxygen atoms in total. The van der Waals surface area contributed by atoms with Gasteiger partial charge in [0.15, 0.2) is 0 Å². The summed E-state index contributed by atoms with van der Waals surface area (Å²) in [7, 11) is 0. The van der Waals surface area contributed by atoms with Crippen LogP contribution in [0.15, 0.2) is 65.7 Å². The van der Waals surface area contributed by atoms with E-state index in [-0.39, 0.29) is 12.4 Å². The lowest BCUT2D eigenvalue weighted by Crippen LogP contribution is -1.99. The van der Waals surface area contributed by atoms with E-state index in [9.17, 15) is 4.39 Å². The Morgan fingerprint density at radius 2 is 1.88 bits per heavy atom. The van der Waals surface area contributed by atoms with E-state index in [0.29, 0.717) is 10.8 Å². The third kappa shape index (κ3) is 4.70. The fourth-order valence-electron chi connectivity index (χ4n) is 2.54. The molecule has 0 spiro atoms. The number of hydrogen-bond acceptors (Lipinski definition) is 2. The van der Waals surface area contributed by atoms with E-state index in [2.05, 4.69) is 11.1 Å². The van der Waals surface area contributed by atoms with Crippen molar-refractivity contribution >= 4 is 23.5 Å². The zero-order valence-electron chi connectivity index (χ0n) is 14.7. The quantitative estimate of drug-likeness (QED) is 0.476. The Labute approximate surface area is 157 Å². The van der Waals surface area contributed by atoms with Crippen molar-refractivity contribution in [1.82, 2.24) is 0 Å². The predicted octanol–water partition coefficient (Wildman–Crippen LogP) is 6.43. The lowest BCUT2D eigenvalue weighted by Gasteiger charge is -2.10. The van der Waals surface area contributed by atoms with Gasteiger partial charge in [-0.1, -0.05) is 35.9 Å². The van der Waals surface area contributed by atoms with Gasteiger partial charge in [0.05, 0.1) is 5.69 Å². The van der Waals surface area contributed by atoms with Crippen LogP contribution in [0.3, 0.4) is 0 Å². The van der Waals surface area contributed by atoms with E-state index in [1.165, 1.54) is 12.1 Å². The second kappa shape index (κ2) is 8.15. The summed E-state index contributed by atoms with van der Waals surface area (Å²) in [6.07, 6.45) is 1.74. The lowest BCUT2D eigenvalue weighted by molar-refractivity contribution is 0.305. The van der Waals surface area contributed by atoms with Crippen LogP contribution < -0.4 is 4.74 Å². The molecule has 3 rings (SSSR count). The van der Waals surface area contributed by atoms with Gasteiger partial charge in [-0.15, -0.1) is 0 Å². The average molecular weight is 368 g/mol. The first kappa shape index (κ1) is 18.2. The molecule has 132 valence electrons. The SMILES string of the molecule is Cc1ccc(C)c(N=Cc2cc(Cl)ccc2OCc2cccc(F)c2)c1. The van der Waals surface area contributed by atoms with Gasteiger partial charge in [0.1, 0.15) is 18.2 Å². The van der Waals surface area contributed by atoms with E-state index in [1.54, 1.807) is 30.5 Å². The minimum Gasteiger partial charge on any atom is -0.488 e. The van der Waals surface area contributed by atoms with Crippen LogP contribution in [0.25, 0.3) is 0 Å². The topological polar surface area (TPSA) is 21.6 Å². The van der Waals surface area contributed by atoms with Crippen molar-refractivity contribution in [3.63, 3.8) is 0 Å². The van der Waals surface area contributed by atoms with Gasteiger partial charge in [-0.25, -0.2) is 4.39 Å². The second-order valence-corrected chi connectivity index (χ2v) is 6.59. The van der Waals surface area contributed by atoms with E-state index < -0.39 is 0 Å². The first-order valence-electron chi connectivity index (χ1n) is 8.29. The van der Waals surface area contributed by atoms with Crippen LogP contribution in [0.4, 0.5) is 10.1 Å². The summed E-state index contributed by atoms with van der Waals surface area (Å²) < 4.78 is 19.2. The largest absolute Gasteiger partial charge is 0.488 e. The monoisotopic (exact) mass is 367 g/mol. The highest BCUT2D eigenvalue weighted by Crippen LogP contribution is 2.25. The van der Waals surface area contributed by atoms with Crippen molar-refractivity contribution in [2.24, 2.45) is 4.99 Å². The Morgan fingerprint density at radius 1 is 1.04 bits per heavy atom. The standard InChI is InChI=1S/C22H19ClFNO/c1-15-6-7-16(2)21(10-15)25-13-18-12-19(23)8-9-22(18)26-14-17-4-3-5-20(24)11-17/h3-13H,14H2,1-2H3. The molecule has 0 fully saturated rings.